The molecule has 0 aliphatic carbocycles. The fourth-order valence-corrected chi connectivity index (χ4v) is 2.36. The molecule has 0 saturated carbocycles. The van der Waals surface area contributed by atoms with E-state index < -0.39 is 46.8 Å². The summed E-state index contributed by atoms with van der Waals surface area (Å²) in [7, 11) is 0. The Morgan fingerprint density at radius 1 is 0.840 bits per heavy atom. The van der Waals surface area contributed by atoms with Gasteiger partial charge in [-0.25, -0.2) is 0 Å². The zero-order valence-electron chi connectivity index (χ0n) is 15.4. The monoisotopic (exact) mass is 380 g/mol. The van der Waals surface area contributed by atoms with Crippen molar-refractivity contribution < 1.29 is 41.0 Å². The summed E-state index contributed by atoms with van der Waals surface area (Å²) in [5, 5.41) is 9.11. The molecule has 0 bridgehead atoms. The van der Waals surface area contributed by atoms with E-state index in [0.29, 0.717) is 0 Å². The average molecular weight is 380 g/mol. The fraction of sp³-hybridized carbons (Fsp3) is 0.938. The molecule has 1 N–H and O–H groups in total. The number of hydrogen-bond donors (Lipinski definition) is 1. The highest BCUT2D eigenvalue weighted by atomic mass is 19.4. The van der Waals surface area contributed by atoms with E-state index in [1.807, 2.05) is 0 Å². The summed E-state index contributed by atoms with van der Waals surface area (Å²) in [6, 6.07) is 0. The van der Waals surface area contributed by atoms with Crippen LogP contribution >= 0.6 is 0 Å². The van der Waals surface area contributed by atoms with Gasteiger partial charge < -0.3 is 9.84 Å². The van der Waals surface area contributed by atoms with Crippen LogP contribution in [-0.4, -0.2) is 35.6 Å². The lowest BCUT2D eigenvalue weighted by Gasteiger charge is -2.44. The van der Waals surface area contributed by atoms with Crippen LogP contribution < -0.4 is 0 Å². The number of carbonyl (C=O) groups excluding carboxylic acids is 1. The van der Waals surface area contributed by atoms with Crippen LogP contribution in [0.5, 0.6) is 0 Å². The van der Waals surface area contributed by atoms with E-state index in [4.69, 9.17) is 5.11 Å². The van der Waals surface area contributed by atoms with Gasteiger partial charge in [0.05, 0.1) is 5.41 Å². The topological polar surface area (TPSA) is 46.5 Å². The molecule has 25 heavy (non-hydrogen) atoms. The van der Waals surface area contributed by atoms with Gasteiger partial charge >= 0.3 is 18.3 Å². The van der Waals surface area contributed by atoms with E-state index in [2.05, 4.69) is 4.74 Å². The second-order valence-electron chi connectivity index (χ2n) is 8.75. The van der Waals surface area contributed by atoms with Crippen molar-refractivity contribution in [2.45, 2.75) is 72.8 Å². The van der Waals surface area contributed by atoms with Gasteiger partial charge in [0.15, 0.2) is 0 Å². The van der Waals surface area contributed by atoms with E-state index in [9.17, 15) is 31.1 Å². The zero-order valence-corrected chi connectivity index (χ0v) is 15.4. The lowest BCUT2D eigenvalue weighted by atomic mass is 9.61. The van der Waals surface area contributed by atoms with Gasteiger partial charge in [0, 0.05) is 0 Å². The number of esters is 1. The van der Waals surface area contributed by atoms with E-state index in [1.54, 1.807) is 41.5 Å². The van der Waals surface area contributed by atoms with E-state index in [0.717, 1.165) is 0 Å². The predicted molar refractivity (Wildman–Crippen MR) is 79.7 cm³/mol. The van der Waals surface area contributed by atoms with Crippen LogP contribution in [0.15, 0.2) is 0 Å². The van der Waals surface area contributed by atoms with Crippen LogP contribution in [0.2, 0.25) is 0 Å². The molecule has 0 aromatic carbocycles. The molecule has 1 unspecified atom stereocenters. The highest BCUT2D eigenvalue weighted by molar-refractivity contribution is 5.77. The molecule has 9 heteroatoms. The summed E-state index contributed by atoms with van der Waals surface area (Å²) >= 11 is 0. The molecule has 0 amide bonds. The molecule has 0 aliphatic rings. The summed E-state index contributed by atoms with van der Waals surface area (Å²) < 4.78 is 80.5. The smallest absolute Gasteiger partial charge is 0.429 e. The van der Waals surface area contributed by atoms with Gasteiger partial charge in [0.25, 0.3) is 5.60 Å². The van der Waals surface area contributed by atoms with Gasteiger partial charge in [0.1, 0.15) is 6.61 Å². The largest absolute Gasteiger partial charge is 0.461 e. The van der Waals surface area contributed by atoms with E-state index >= 15 is 0 Å². The maximum absolute atomic E-state index is 12.7. The molecule has 150 valence electrons. The molecule has 0 heterocycles. The SMILES string of the molecule is CC(C)(C)CC(C)(C(=O)OCC(O)(C(F)(F)F)C(F)(F)F)C(C)(C)C. The Hall–Kier alpha value is -0.990. The van der Waals surface area contributed by atoms with Crippen molar-refractivity contribution in [3.63, 3.8) is 0 Å². The number of alkyl halides is 6. The van der Waals surface area contributed by atoms with Crippen LogP contribution in [0.4, 0.5) is 26.3 Å². The van der Waals surface area contributed by atoms with E-state index in [1.165, 1.54) is 6.92 Å². The van der Waals surface area contributed by atoms with Gasteiger partial charge in [-0.2, -0.15) is 26.3 Å². The van der Waals surface area contributed by atoms with Gasteiger partial charge in [-0.15, -0.1) is 0 Å². The minimum absolute atomic E-state index is 0.165. The summed E-state index contributed by atoms with van der Waals surface area (Å²) in [6.07, 6.45) is -11.9. The molecular formula is C16H26F6O3. The van der Waals surface area contributed by atoms with Crippen LogP contribution in [-0.2, 0) is 9.53 Å². The summed E-state index contributed by atoms with van der Waals surface area (Å²) in [4.78, 5) is 12.4. The first-order valence-electron chi connectivity index (χ1n) is 7.62. The molecule has 0 rings (SSSR count). The van der Waals surface area contributed by atoms with Crippen molar-refractivity contribution in [3.8, 4) is 0 Å². The van der Waals surface area contributed by atoms with Crippen molar-refractivity contribution in [1.29, 1.82) is 0 Å². The Morgan fingerprint density at radius 3 is 1.44 bits per heavy atom. The van der Waals surface area contributed by atoms with Crippen molar-refractivity contribution in [2.75, 3.05) is 6.61 Å². The fourth-order valence-electron chi connectivity index (χ4n) is 2.36. The normalized spacial score (nSPS) is 17.2. The lowest BCUT2D eigenvalue weighted by Crippen LogP contribution is -2.60. The number of aliphatic hydroxyl groups is 1. The number of rotatable bonds is 4. The first kappa shape index (κ1) is 24.0. The Bertz CT molecular complexity index is 468. The van der Waals surface area contributed by atoms with Crippen molar-refractivity contribution >= 4 is 5.97 Å². The third-order valence-electron chi connectivity index (χ3n) is 4.34. The van der Waals surface area contributed by atoms with Gasteiger partial charge in [-0.05, 0) is 24.2 Å². The lowest BCUT2D eigenvalue weighted by molar-refractivity contribution is -0.376. The molecule has 1 atom stereocenters. The molecule has 0 spiro atoms. The first-order chi connectivity index (χ1) is 10.6. The highest BCUT2D eigenvalue weighted by Gasteiger charge is 2.71. The molecule has 0 aromatic heterocycles. The van der Waals surface area contributed by atoms with Crippen molar-refractivity contribution in [1.82, 2.24) is 0 Å². The molecule has 0 saturated heterocycles. The van der Waals surface area contributed by atoms with Crippen LogP contribution in [0.25, 0.3) is 0 Å². The molecule has 0 fully saturated rings. The minimum atomic E-state index is -6.03. The number of ether oxygens (including phenoxy) is 1. The zero-order chi connectivity index (χ0) is 20.7. The maximum Gasteiger partial charge on any atom is 0.429 e. The Morgan fingerprint density at radius 2 is 1.20 bits per heavy atom. The van der Waals surface area contributed by atoms with Gasteiger partial charge in [-0.3, -0.25) is 4.79 Å². The Kier molecular flexibility index (Phi) is 6.37. The summed E-state index contributed by atoms with van der Waals surface area (Å²) in [5.41, 5.74) is -7.71. The third kappa shape index (κ3) is 5.24. The molecule has 3 nitrogen and oxygen atoms in total. The van der Waals surface area contributed by atoms with Crippen LogP contribution in [0.3, 0.4) is 0 Å². The Labute approximate surface area is 143 Å². The minimum Gasteiger partial charge on any atom is -0.461 e. The Balaban J connectivity index is 5.67. The quantitative estimate of drug-likeness (QED) is 0.559. The first-order valence-corrected chi connectivity index (χ1v) is 7.62. The van der Waals surface area contributed by atoms with Crippen molar-refractivity contribution in [2.24, 2.45) is 16.2 Å². The standard InChI is InChI=1S/C16H26F6O3/c1-11(2,3)8-13(7,12(4,5)6)10(23)25-9-14(24,15(17,18)19)16(20,21)22/h24H,8-9H2,1-7H3. The molecule has 0 aromatic rings. The van der Waals surface area contributed by atoms with Crippen LogP contribution in [0.1, 0.15) is 54.9 Å². The molecule has 0 radical (unpaired) electrons. The van der Waals surface area contributed by atoms with E-state index in [-0.39, 0.29) is 6.42 Å². The number of hydrogen-bond acceptors (Lipinski definition) is 3. The summed E-state index contributed by atoms with van der Waals surface area (Å²) in [5.74, 6) is -1.22. The number of halogens is 6. The van der Waals surface area contributed by atoms with Gasteiger partial charge in [-0.1, -0.05) is 41.5 Å². The third-order valence-corrected chi connectivity index (χ3v) is 4.34. The predicted octanol–water partition coefficient (Wildman–Crippen LogP) is 4.87. The maximum atomic E-state index is 12.7. The number of carbonyl (C=O) groups is 1. The van der Waals surface area contributed by atoms with Crippen LogP contribution in [0, 0.1) is 16.2 Å². The highest BCUT2D eigenvalue weighted by Crippen LogP contribution is 2.48. The van der Waals surface area contributed by atoms with Gasteiger partial charge in [0.2, 0.25) is 0 Å². The molecular weight excluding hydrogens is 354 g/mol. The second kappa shape index (κ2) is 6.63. The molecule has 0 aliphatic heterocycles. The second-order valence-corrected chi connectivity index (χ2v) is 8.75. The summed E-state index contributed by atoms with van der Waals surface area (Å²) in [6.45, 7) is 9.46. The average Bonchev–Trinajstić information content (AvgIpc) is 2.28. The van der Waals surface area contributed by atoms with Crippen molar-refractivity contribution in [3.05, 3.63) is 0 Å².